The van der Waals surface area contributed by atoms with E-state index in [9.17, 15) is 8.42 Å². The van der Waals surface area contributed by atoms with Gasteiger partial charge in [0.1, 0.15) is 0 Å². The van der Waals surface area contributed by atoms with E-state index in [1.807, 2.05) is 6.92 Å². The molecular formula is C13H28N2O2S. The number of nitrogens with zero attached hydrogens (tertiary/aromatic N) is 1. The van der Waals surface area contributed by atoms with Crippen molar-refractivity contribution in [3.05, 3.63) is 0 Å². The Balaban J connectivity index is 2.42. The van der Waals surface area contributed by atoms with Crippen molar-refractivity contribution in [3.8, 4) is 0 Å². The van der Waals surface area contributed by atoms with Gasteiger partial charge in [0.2, 0.25) is 10.0 Å². The van der Waals surface area contributed by atoms with Crippen molar-refractivity contribution in [1.82, 2.24) is 9.62 Å². The minimum Gasteiger partial charge on any atom is -0.314 e. The van der Waals surface area contributed by atoms with Gasteiger partial charge in [0.15, 0.2) is 0 Å². The fourth-order valence-corrected chi connectivity index (χ4v) is 4.09. The highest BCUT2D eigenvalue weighted by Gasteiger charge is 2.29. The van der Waals surface area contributed by atoms with Crippen LogP contribution in [-0.4, -0.2) is 44.2 Å². The van der Waals surface area contributed by atoms with Gasteiger partial charge in [0.05, 0.1) is 5.75 Å². The fourth-order valence-electron chi connectivity index (χ4n) is 2.62. The fraction of sp³-hybridized carbons (Fsp3) is 1.00. The lowest BCUT2D eigenvalue weighted by Gasteiger charge is -2.34. The van der Waals surface area contributed by atoms with Crippen molar-refractivity contribution in [2.75, 3.05) is 19.3 Å². The van der Waals surface area contributed by atoms with Gasteiger partial charge in [-0.25, -0.2) is 12.7 Å². The van der Waals surface area contributed by atoms with Gasteiger partial charge in [0.25, 0.3) is 0 Å². The van der Waals surface area contributed by atoms with E-state index in [1.54, 1.807) is 11.4 Å². The molecule has 1 fully saturated rings. The van der Waals surface area contributed by atoms with Crippen molar-refractivity contribution in [3.63, 3.8) is 0 Å². The predicted octanol–water partition coefficient (Wildman–Crippen LogP) is 1.97. The molecule has 108 valence electrons. The Labute approximate surface area is 112 Å². The second kappa shape index (κ2) is 7.46. The van der Waals surface area contributed by atoms with Crippen LogP contribution in [0, 0.1) is 0 Å². The topological polar surface area (TPSA) is 49.4 Å². The van der Waals surface area contributed by atoms with Crippen LogP contribution in [0.15, 0.2) is 0 Å². The quantitative estimate of drug-likeness (QED) is 0.773. The molecule has 1 N–H and O–H groups in total. The summed E-state index contributed by atoms with van der Waals surface area (Å²) in [5.74, 6) is 0.275. The molecule has 1 aliphatic rings. The highest BCUT2D eigenvalue weighted by Crippen LogP contribution is 2.24. The van der Waals surface area contributed by atoms with E-state index in [-0.39, 0.29) is 11.8 Å². The number of nitrogens with one attached hydrogen (secondary N) is 1. The van der Waals surface area contributed by atoms with Gasteiger partial charge in [0, 0.05) is 19.1 Å². The largest absolute Gasteiger partial charge is 0.314 e. The predicted molar refractivity (Wildman–Crippen MR) is 76.2 cm³/mol. The standard InChI is InChI=1S/C13H28N2O2S/c1-4-10-14-12-6-8-13(9-7-12)15(3)18(16,17)11-5-2/h12-14H,4-11H2,1-3H3. The average Bonchev–Trinajstić information content (AvgIpc) is 2.36. The first-order valence-electron chi connectivity index (χ1n) is 7.20. The zero-order valence-electron chi connectivity index (χ0n) is 12.0. The van der Waals surface area contributed by atoms with Crippen molar-refractivity contribution in [2.45, 2.75) is 64.5 Å². The van der Waals surface area contributed by atoms with Crippen LogP contribution >= 0.6 is 0 Å². The van der Waals surface area contributed by atoms with Crippen LogP contribution in [0.5, 0.6) is 0 Å². The molecule has 1 saturated carbocycles. The summed E-state index contributed by atoms with van der Waals surface area (Å²) < 4.78 is 25.6. The summed E-state index contributed by atoms with van der Waals surface area (Å²) in [6.07, 6.45) is 6.01. The van der Waals surface area contributed by atoms with Crippen LogP contribution in [-0.2, 0) is 10.0 Å². The van der Waals surface area contributed by atoms with Crippen molar-refractivity contribution in [1.29, 1.82) is 0 Å². The van der Waals surface area contributed by atoms with Crippen LogP contribution in [0.25, 0.3) is 0 Å². The number of hydrogen-bond acceptors (Lipinski definition) is 3. The molecule has 0 aromatic heterocycles. The molecule has 0 spiro atoms. The lowest BCUT2D eigenvalue weighted by molar-refractivity contribution is 0.249. The summed E-state index contributed by atoms with van der Waals surface area (Å²) >= 11 is 0. The molecule has 1 aliphatic carbocycles. The first-order chi connectivity index (χ1) is 8.51. The maximum absolute atomic E-state index is 12.0. The number of hydrogen-bond donors (Lipinski definition) is 1. The molecule has 0 atom stereocenters. The molecule has 18 heavy (non-hydrogen) atoms. The number of rotatable bonds is 7. The summed E-state index contributed by atoms with van der Waals surface area (Å²) in [5, 5.41) is 3.53. The Bertz CT molecular complexity index is 322. The number of sulfonamides is 1. The molecule has 0 saturated heterocycles. The van der Waals surface area contributed by atoms with E-state index < -0.39 is 10.0 Å². The maximum Gasteiger partial charge on any atom is 0.214 e. The lowest BCUT2D eigenvalue weighted by atomic mass is 9.91. The van der Waals surface area contributed by atoms with E-state index in [4.69, 9.17) is 0 Å². The van der Waals surface area contributed by atoms with Gasteiger partial charge in [-0.05, 0) is 45.1 Å². The van der Waals surface area contributed by atoms with Gasteiger partial charge < -0.3 is 5.32 Å². The summed E-state index contributed by atoms with van der Waals surface area (Å²) in [6, 6.07) is 0.796. The minimum atomic E-state index is -3.03. The SMILES string of the molecule is CCCNC1CCC(N(C)S(=O)(=O)CCC)CC1. The van der Waals surface area contributed by atoms with Gasteiger partial charge in [-0.1, -0.05) is 13.8 Å². The van der Waals surface area contributed by atoms with Crippen molar-refractivity contribution >= 4 is 10.0 Å². The summed E-state index contributed by atoms with van der Waals surface area (Å²) in [7, 11) is -1.29. The molecule has 0 radical (unpaired) electrons. The van der Waals surface area contributed by atoms with Crippen molar-refractivity contribution in [2.24, 2.45) is 0 Å². The molecule has 0 aromatic carbocycles. The minimum absolute atomic E-state index is 0.209. The van der Waals surface area contributed by atoms with Crippen LogP contribution in [0.1, 0.15) is 52.4 Å². The second-order valence-electron chi connectivity index (χ2n) is 5.29. The Morgan fingerprint density at radius 3 is 2.22 bits per heavy atom. The molecule has 0 unspecified atom stereocenters. The molecular weight excluding hydrogens is 248 g/mol. The maximum atomic E-state index is 12.0. The summed E-state index contributed by atoms with van der Waals surface area (Å²) in [5.41, 5.74) is 0. The Morgan fingerprint density at radius 2 is 1.72 bits per heavy atom. The molecule has 4 nitrogen and oxygen atoms in total. The third-order valence-corrected chi connectivity index (χ3v) is 5.89. The second-order valence-corrected chi connectivity index (χ2v) is 7.44. The molecule has 0 bridgehead atoms. The van der Waals surface area contributed by atoms with Crippen LogP contribution in [0.4, 0.5) is 0 Å². The first kappa shape index (κ1) is 15.9. The normalized spacial score (nSPS) is 25.6. The molecule has 1 rings (SSSR count). The van der Waals surface area contributed by atoms with Crippen LogP contribution in [0.3, 0.4) is 0 Å². The zero-order valence-corrected chi connectivity index (χ0v) is 12.8. The molecule has 0 aromatic rings. The van der Waals surface area contributed by atoms with E-state index in [0.717, 1.165) is 38.6 Å². The van der Waals surface area contributed by atoms with Crippen LogP contribution < -0.4 is 5.32 Å². The Morgan fingerprint density at radius 1 is 1.11 bits per heavy atom. The van der Waals surface area contributed by atoms with E-state index in [0.29, 0.717) is 12.5 Å². The molecule has 0 heterocycles. The average molecular weight is 276 g/mol. The van der Waals surface area contributed by atoms with Gasteiger partial charge >= 0.3 is 0 Å². The van der Waals surface area contributed by atoms with E-state index in [1.165, 1.54) is 0 Å². The summed E-state index contributed by atoms with van der Waals surface area (Å²) in [6.45, 7) is 5.15. The first-order valence-corrected chi connectivity index (χ1v) is 8.81. The smallest absolute Gasteiger partial charge is 0.214 e. The third kappa shape index (κ3) is 4.52. The van der Waals surface area contributed by atoms with Gasteiger partial charge in [-0.2, -0.15) is 0 Å². The summed E-state index contributed by atoms with van der Waals surface area (Å²) in [4.78, 5) is 0. The zero-order chi connectivity index (χ0) is 13.6. The monoisotopic (exact) mass is 276 g/mol. The van der Waals surface area contributed by atoms with Crippen molar-refractivity contribution < 1.29 is 8.42 Å². The van der Waals surface area contributed by atoms with Crippen LogP contribution in [0.2, 0.25) is 0 Å². The van der Waals surface area contributed by atoms with Gasteiger partial charge in [-0.15, -0.1) is 0 Å². The van der Waals surface area contributed by atoms with E-state index in [2.05, 4.69) is 12.2 Å². The highest BCUT2D eigenvalue weighted by atomic mass is 32.2. The highest BCUT2D eigenvalue weighted by molar-refractivity contribution is 7.89. The third-order valence-electron chi connectivity index (χ3n) is 3.79. The molecule has 0 amide bonds. The van der Waals surface area contributed by atoms with E-state index >= 15 is 0 Å². The molecule has 0 aliphatic heterocycles. The molecule has 5 heteroatoms. The Hall–Kier alpha value is -0.130. The lowest BCUT2D eigenvalue weighted by Crippen LogP contribution is -2.44. The Kier molecular flexibility index (Phi) is 6.60. The van der Waals surface area contributed by atoms with Gasteiger partial charge in [-0.3, -0.25) is 0 Å².